The van der Waals surface area contributed by atoms with Crippen LogP contribution in [0.25, 0.3) is 21.8 Å². The van der Waals surface area contributed by atoms with E-state index in [1.165, 1.54) is 0 Å². The summed E-state index contributed by atoms with van der Waals surface area (Å²) >= 11 is 0. The number of para-hydroxylation sites is 2. The van der Waals surface area contributed by atoms with Crippen molar-refractivity contribution in [3.8, 4) is 0 Å². The van der Waals surface area contributed by atoms with Crippen LogP contribution in [0, 0.1) is 0 Å². The number of fused-ring (bicyclic) bond motifs is 2. The SMILES string of the molecule is O=C(O)C(Cc1c[nH]c2ccccc12)NC(=O)C(Cc1c[nH]c2ccccc12)NC(=O)C1CCCN1C(=O)C1CCCN1. The minimum absolute atomic E-state index is 0.0676. The zero-order valence-electron chi connectivity index (χ0n) is 23.8. The molecule has 0 aliphatic carbocycles. The molecule has 0 radical (unpaired) electrons. The Morgan fingerprint density at radius 1 is 0.837 bits per heavy atom. The quantitative estimate of drug-likeness (QED) is 0.168. The predicted molar refractivity (Wildman–Crippen MR) is 161 cm³/mol. The lowest BCUT2D eigenvalue weighted by atomic mass is 10.0. The van der Waals surface area contributed by atoms with Crippen molar-refractivity contribution in [3.05, 3.63) is 72.1 Å². The number of aromatic amines is 2. The topological polar surface area (TPSA) is 159 Å². The van der Waals surface area contributed by atoms with E-state index in [0.717, 1.165) is 52.3 Å². The number of carbonyl (C=O) groups excluding carboxylic acids is 3. The van der Waals surface area contributed by atoms with Crippen LogP contribution < -0.4 is 16.0 Å². The van der Waals surface area contributed by atoms with Crippen LogP contribution in [0.5, 0.6) is 0 Å². The van der Waals surface area contributed by atoms with E-state index in [1.807, 2.05) is 48.5 Å². The summed E-state index contributed by atoms with van der Waals surface area (Å²) in [5.41, 5.74) is 3.35. The van der Waals surface area contributed by atoms with Crippen LogP contribution in [0.15, 0.2) is 60.9 Å². The molecule has 0 saturated carbocycles. The molecule has 4 unspecified atom stereocenters. The molecule has 11 nitrogen and oxygen atoms in total. The molecule has 0 spiro atoms. The highest BCUT2D eigenvalue weighted by Gasteiger charge is 2.39. The van der Waals surface area contributed by atoms with Gasteiger partial charge in [0.25, 0.3) is 0 Å². The molecule has 6 rings (SSSR count). The normalized spacial score (nSPS) is 19.9. The van der Waals surface area contributed by atoms with E-state index in [4.69, 9.17) is 0 Å². The van der Waals surface area contributed by atoms with E-state index in [1.54, 1.807) is 17.3 Å². The van der Waals surface area contributed by atoms with Crippen molar-refractivity contribution in [1.29, 1.82) is 0 Å². The van der Waals surface area contributed by atoms with Gasteiger partial charge in [0.05, 0.1) is 6.04 Å². The number of aliphatic carboxylic acids is 1. The Bertz CT molecular complexity index is 1650. The summed E-state index contributed by atoms with van der Waals surface area (Å²) in [6, 6.07) is 12.0. The second kappa shape index (κ2) is 12.3. The van der Waals surface area contributed by atoms with E-state index in [2.05, 4.69) is 25.9 Å². The summed E-state index contributed by atoms with van der Waals surface area (Å²) in [4.78, 5) is 60.9. The van der Waals surface area contributed by atoms with Gasteiger partial charge in [0.2, 0.25) is 17.7 Å². The number of nitrogens with zero attached hydrogens (tertiary/aromatic N) is 1. The van der Waals surface area contributed by atoms with E-state index in [0.29, 0.717) is 19.4 Å². The number of hydrogen-bond acceptors (Lipinski definition) is 5. The van der Waals surface area contributed by atoms with Crippen LogP contribution in [-0.4, -0.2) is 80.9 Å². The Morgan fingerprint density at radius 2 is 1.47 bits per heavy atom. The van der Waals surface area contributed by atoms with Crippen LogP contribution in [0.1, 0.15) is 36.8 Å². The van der Waals surface area contributed by atoms with Crippen molar-refractivity contribution in [2.75, 3.05) is 13.1 Å². The molecule has 224 valence electrons. The van der Waals surface area contributed by atoms with Gasteiger partial charge in [-0.15, -0.1) is 0 Å². The predicted octanol–water partition coefficient (Wildman–Crippen LogP) is 2.23. The maximum atomic E-state index is 13.8. The molecule has 6 N–H and O–H groups in total. The Kier molecular flexibility index (Phi) is 8.15. The first-order valence-corrected chi connectivity index (χ1v) is 14.9. The van der Waals surface area contributed by atoms with Crippen LogP contribution in [0.4, 0.5) is 0 Å². The van der Waals surface area contributed by atoms with E-state index >= 15 is 0 Å². The highest BCUT2D eigenvalue weighted by atomic mass is 16.4. The van der Waals surface area contributed by atoms with Gasteiger partial charge in [0.1, 0.15) is 18.1 Å². The number of likely N-dealkylation sites (tertiary alicyclic amines) is 1. The average molecular weight is 585 g/mol. The lowest BCUT2D eigenvalue weighted by Crippen LogP contribution is -2.57. The van der Waals surface area contributed by atoms with Crippen LogP contribution >= 0.6 is 0 Å². The average Bonchev–Trinajstić information content (AvgIpc) is 3.83. The second-order valence-corrected chi connectivity index (χ2v) is 11.4. The molecule has 2 fully saturated rings. The smallest absolute Gasteiger partial charge is 0.326 e. The fourth-order valence-corrected chi connectivity index (χ4v) is 6.39. The summed E-state index contributed by atoms with van der Waals surface area (Å²) < 4.78 is 0. The van der Waals surface area contributed by atoms with Gasteiger partial charge >= 0.3 is 5.97 Å². The Labute approximate surface area is 248 Å². The summed E-state index contributed by atoms with van der Waals surface area (Å²) in [7, 11) is 0. The maximum Gasteiger partial charge on any atom is 0.326 e. The van der Waals surface area contributed by atoms with Crippen LogP contribution in [0.2, 0.25) is 0 Å². The van der Waals surface area contributed by atoms with Crippen molar-refractivity contribution in [2.24, 2.45) is 0 Å². The summed E-state index contributed by atoms with van der Waals surface area (Å²) in [5.74, 6) is -2.27. The highest BCUT2D eigenvalue weighted by Crippen LogP contribution is 2.23. The third kappa shape index (κ3) is 5.98. The number of carbonyl (C=O) groups is 4. The molecule has 4 aromatic rings. The van der Waals surface area contributed by atoms with Crippen molar-refractivity contribution in [2.45, 2.75) is 62.7 Å². The van der Waals surface area contributed by atoms with Crippen LogP contribution in [0.3, 0.4) is 0 Å². The maximum absolute atomic E-state index is 13.8. The Morgan fingerprint density at radius 3 is 2.07 bits per heavy atom. The van der Waals surface area contributed by atoms with Crippen molar-refractivity contribution < 1.29 is 24.3 Å². The van der Waals surface area contributed by atoms with Gasteiger partial charge < -0.3 is 35.9 Å². The van der Waals surface area contributed by atoms with E-state index in [9.17, 15) is 24.3 Å². The molecule has 43 heavy (non-hydrogen) atoms. The number of carboxylic acids is 1. The minimum atomic E-state index is -1.22. The minimum Gasteiger partial charge on any atom is -0.480 e. The molecule has 2 aliphatic rings. The van der Waals surface area contributed by atoms with Crippen molar-refractivity contribution in [3.63, 3.8) is 0 Å². The largest absolute Gasteiger partial charge is 0.480 e. The number of nitrogens with one attached hydrogen (secondary N) is 5. The number of H-pyrrole nitrogens is 2. The van der Waals surface area contributed by atoms with Crippen LogP contribution in [-0.2, 0) is 32.0 Å². The molecular formula is C32H36N6O5. The number of benzene rings is 2. The second-order valence-electron chi connectivity index (χ2n) is 11.4. The van der Waals surface area contributed by atoms with Gasteiger partial charge in [0.15, 0.2) is 0 Å². The fourth-order valence-electron chi connectivity index (χ4n) is 6.39. The number of amides is 3. The van der Waals surface area contributed by atoms with E-state index in [-0.39, 0.29) is 24.8 Å². The van der Waals surface area contributed by atoms with Gasteiger partial charge in [0, 0.05) is 53.6 Å². The summed E-state index contributed by atoms with van der Waals surface area (Å²) in [6.45, 7) is 1.26. The lowest BCUT2D eigenvalue weighted by Gasteiger charge is -2.28. The number of hydrogen-bond donors (Lipinski definition) is 6. The molecule has 2 aromatic carbocycles. The molecule has 2 aromatic heterocycles. The van der Waals surface area contributed by atoms with Gasteiger partial charge in [-0.3, -0.25) is 14.4 Å². The standard InChI is InChI=1S/C32H36N6O5/c39-29(37-27(32(42)43)16-20-18-35-24-10-4-2-8-22(20)24)26(15-19-17-34-23-9-3-1-7-21(19)23)36-30(40)28-12-6-14-38(28)31(41)25-11-5-13-33-25/h1-4,7-10,17-18,25-28,33-35H,5-6,11-16H2,(H,36,40)(H,37,39)(H,42,43). The molecule has 2 saturated heterocycles. The molecule has 2 aliphatic heterocycles. The number of aromatic nitrogens is 2. The molecule has 4 heterocycles. The third-order valence-corrected chi connectivity index (χ3v) is 8.64. The first kappa shape index (κ1) is 28.5. The first-order chi connectivity index (χ1) is 20.9. The molecule has 3 amide bonds. The summed E-state index contributed by atoms with van der Waals surface area (Å²) in [6.07, 6.45) is 6.62. The number of carboxylic acid groups (broad SMARTS) is 1. The summed E-state index contributed by atoms with van der Waals surface area (Å²) in [5, 5.41) is 20.6. The van der Waals surface area contributed by atoms with Gasteiger partial charge in [-0.25, -0.2) is 4.79 Å². The lowest BCUT2D eigenvalue weighted by molar-refractivity contribution is -0.143. The highest BCUT2D eigenvalue weighted by molar-refractivity contribution is 5.95. The van der Waals surface area contributed by atoms with E-state index < -0.39 is 35.9 Å². The Balaban J connectivity index is 1.23. The monoisotopic (exact) mass is 584 g/mol. The molecule has 0 bridgehead atoms. The first-order valence-electron chi connectivity index (χ1n) is 14.9. The van der Waals surface area contributed by atoms with Gasteiger partial charge in [-0.05, 0) is 55.5 Å². The third-order valence-electron chi connectivity index (χ3n) is 8.64. The zero-order valence-corrected chi connectivity index (χ0v) is 23.8. The molecule has 4 atom stereocenters. The van der Waals surface area contributed by atoms with Gasteiger partial charge in [-0.2, -0.15) is 0 Å². The van der Waals surface area contributed by atoms with Crippen molar-refractivity contribution >= 4 is 45.5 Å². The van der Waals surface area contributed by atoms with Crippen molar-refractivity contribution in [1.82, 2.24) is 30.8 Å². The molecular weight excluding hydrogens is 548 g/mol. The fraction of sp³-hybridized carbons (Fsp3) is 0.375. The zero-order chi connectivity index (χ0) is 29.9. The number of rotatable bonds is 10. The van der Waals surface area contributed by atoms with Gasteiger partial charge in [-0.1, -0.05) is 36.4 Å². The Hall–Kier alpha value is -4.64. The molecule has 11 heteroatoms.